The number of hydrogen-bond acceptors (Lipinski definition) is 8. The lowest BCUT2D eigenvalue weighted by atomic mass is 9.86. The van der Waals surface area contributed by atoms with Crippen LogP contribution < -0.4 is 20.9 Å². The minimum atomic E-state index is -4.79. The zero-order chi connectivity index (χ0) is 32.4. The molecule has 4 atom stereocenters. The van der Waals surface area contributed by atoms with Crippen molar-refractivity contribution in [3.8, 4) is 23.0 Å². The van der Waals surface area contributed by atoms with Gasteiger partial charge in [-0.05, 0) is 36.4 Å². The molecule has 3 aromatic rings. The van der Waals surface area contributed by atoms with Gasteiger partial charge in [0.15, 0.2) is 0 Å². The van der Waals surface area contributed by atoms with Gasteiger partial charge in [0.1, 0.15) is 34.1 Å². The van der Waals surface area contributed by atoms with Crippen LogP contribution >= 0.6 is 0 Å². The van der Waals surface area contributed by atoms with Crippen molar-refractivity contribution in [3.05, 3.63) is 69.8 Å². The van der Waals surface area contributed by atoms with Crippen molar-refractivity contribution < 1.29 is 54.8 Å². The average molecular weight is 653 g/mol. The standard InChI is InChI=1S/C32H30F6N2O6/c33-31(34,35)25-5-15(39)1-3-27(25)45-29-21(7-17-11-41-17)23(9-19-13-43-19)30(24(10-20-14-44-20)22(29)8-18-12-42-18)46-28-4-2-16(40)6-26(28)32(36,37)38/h1-6,17-20H,7-14,39-40H2. The summed E-state index contributed by atoms with van der Waals surface area (Å²) in [6.07, 6.45) is -9.78. The zero-order valence-electron chi connectivity index (χ0n) is 24.3. The summed E-state index contributed by atoms with van der Waals surface area (Å²) in [5, 5.41) is 0. The van der Waals surface area contributed by atoms with Crippen molar-refractivity contribution in [1.82, 2.24) is 0 Å². The first kappa shape index (κ1) is 30.9. The molecule has 4 fully saturated rings. The first-order valence-corrected chi connectivity index (χ1v) is 14.8. The summed E-state index contributed by atoms with van der Waals surface area (Å²) in [7, 11) is 0. The SMILES string of the molecule is Nc1ccc(Oc2c(CC3CO3)c(CC3CO3)c(Oc3ccc(N)cc3C(F)(F)F)c(CC3CO3)c2CC2CO2)c(C(F)(F)F)c1. The van der Waals surface area contributed by atoms with Gasteiger partial charge < -0.3 is 39.9 Å². The van der Waals surface area contributed by atoms with Gasteiger partial charge in [0, 0.05) is 59.3 Å². The fourth-order valence-electron chi connectivity index (χ4n) is 5.61. The van der Waals surface area contributed by atoms with Crippen LogP contribution in [0.25, 0.3) is 0 Å². The molecule has 4 aliphatic heterocycles. The Kier molecular flexibility index (Phi) is 7.73. The fourth-order valence-corrected chi connectivity index (χ4v) is 5.61. The molecule has 0 bridgehead atoms. The Morgan fingerprint density at radius 3 is 1.07 bits per heavy atom. The first-order chi connectivity index (χ1) is 21.8. The largest absolute Gasteiger partial charge is 0.456 e. The van der Waals surface area contributed by atoms with E-state index in [1.54, 1.807) is 0 Å². The van der Waals surface area contributed by atoms with Gasteiger partial charge in [-0.25, -0.2) is 0 Å². The van der Waals surface area contributed by atoms with Crippen LogP contribution in [0.2, 0.25) is 0 Å². The van der Waals surface area contributed by atoms with Crippen molar-refractivity contribution >= 4 is 11.4 Å². The van der Waals surface area contributed by atoms with Crippen molar-refractivity contribution in [1.29, 1.82) is 0 Å². The number of hydrogen-bond donors (Lipinski definition) is 2. The van der Waals surface area contributed by atoms with Crippen LogP contribution in [0.15, 0.2) is 36.4 Å². The second-order valence-corrected chi connectivity index (χ2v) is 11.9. The van der Waals surface area contributed by atoms with E-state index >= 15 is 0 Å². The highest BCUT2D eigenvalue weighted by molar-refractivity contribution is 5.64. The summed E-state index contributed by atoms with van der Waals surface area (Å²) in [6.45, 7) is 1.61. The van der Waals surface area contributed by atoms with E-state index in [4.69, 9.17) is 39.9 Å². The number of ether oxygens (including phenoxy) is 6. The fraction of sp³-hybridized carbons (Fsp3) is 0.438. The number of nitrogen functional groups attached to an aromatic ring is 2. The smallest absolute Gasteiger partial charge is 0.420 e. The Hall–Kier alpha value is -3.72. The second kappa shape index (κ2) is 11.5. The van der Waals surface area contributed by atoms with Gasteiger partial charge >= 0.3 is 12.4 Å². The van der Waals surface area contributed by atoms with Crippen LogP contribution in [0.4, 0.5) is 37.7 Å². The molecule has 0 amide bonds. The molecule has 4 saturated heterocycles. The molecule has 0 saturated carbocycles. The van der Waals surface area contributed by atoms with Crippen molar-refractivity contribution in [2.24, 2.45) is 0 Å². The molecule has 3 aromatic carbocycles. The molecule has 4 aliphatic rings. The summed E-state index contributed by atoms with van der Waals surface area (Å²) in [6, 6.07) is 6.55. The first-order valence-electron chi connectivity index (χ1n) is 14.8. The van der Waals surface area contributed by atoms with Gasteiger partial charge in [-0.2, -0.15) is 26.3 Å². The number of nitrogens with two attached hydrogens (primary N) is 2. The van der Waals surface area contributed by atoms with Gasteiger partial charge in [0.25, 0.3) is 0 Å². The predicted octanol–water partition coefficient (Wildman–Crippen LogP) is 6.24. The zero-order valence-corrected chi connectivity index (χ0v) is 24.3. The highest BCUT2D eigenvalue weighted by atomic mass is 19.4. The molecule has 0 aromatic heterocycles. The minimum Gasteiger partial charge on any atom is -0.456 e. The maximum absolute atomic E-state index is 14.2. The Labute approximate surface area is 259 Å². The number of alkyl halides is 6. The van der Waals surface area contributed by atoms with E-state index in [0.29, 0.717) is 48.7 Å². The normalized spacial score (nSPS) is 23.3. The molecule has 4 unspecified atom stereocenters. The van der Waals surface area contributed by atoms with Crippen LogP contribution in [0.3, 0.4) is 0 Å². The molecule has 14 heteroatoms. The highest BCUT2D eigenvalue weighted by Gasteiger charge is 2.41. The topological polar surface area (TPSA) is 121 Å². The maximum atomic E-state index is 14.2. The Bertz CT molecular complexity index is 1470. The van der Waals surface area contributed by atoms with Crippen LogP contribution in [-0.2, 0) is 57.0 Å². The third-order valence-electron chi connectivity index (χ3n) is 8.20. The number of rotatable bonds is 12. The molecule has 0 radical (unpaired) electrons. The van der Waals surface area contributed by atoms with Crippen LogP contribution in [-0.4, -0.2) is 50.8 Å². The average Bonchev–Trinajstić information content (AvgIpc) is 3.76. The Balaban J connectivity index is 1.47. The molecule has 8 nitrogen and oxygen atoms in total. The van der Waals surface area contributed by atoms with Crippen LogP contribution in [0.1, 0.15) is 33.4 Å². The van der Waals surface area contributed by atoms with Crippen LogP contribution in [0, 0.1) is 0 Å². The predicted molar refractivity (Wildman–Crippen MR) is 152 cm³/mol. The lowest BCUT2D eigenvalue weighted by Crippen LogP contribution is -2.17. The molecule has 246 valence electrons. The molecular formula is C32H30F6N2O6. The Morgan fingerprint density at radius 2 is 0.826 bits per heavy atom. The molecule has 7 rings (SSSR count). The number of anilines is 2. The molecule has 4 heterocycles. The summed E-state index contributed by atoms with van der Waals surface area (Å²) in [5.41, 5.74) is 11.0. The molecule has 0 aliphatic carbocycles. The van der Waals surface area contributed by atoms with E-state index in [0.717, 1.165) is 24.3 Å². The summed E-state index contributed by atoms with van der Waals surface area (Å²) in [4.78, 5) is 0. The van der Waals surface area contributed by atoms with E-state index < -0.39 is 35.0 Å². The minimum absolute atomic E-state index is 0.0938. The van der Waals surface area contributed by atoms with E-state index in [1.165, 1.54) is 12.1 Å². The summed E-state index contributed by atoms with van der Waals surface area (Å²) in [5.74, 6) is -0.612. The van der Waals surface area contributed by atoms with Gasteiger partial charge in [-0.15, -0.1) is 0 Å². The van der Waals surface area contributed by atoms with Gasteiger partial charge in [-0.3, -0.25) is 0 Å². The van der Waals surface area contributed by atoms with E-state index in [-0.39, 0.29) is 73.0 Å². The third-order valence-corrected chi connectivity index (χ3v) is 8.20. The third kappa shape index (κ3) is 6.99. The molecule has 46 heavy (non-hydrogen) atoms. The van der Waals surface area contributed by atoms with E-state index in [9.17, 15) is 26.3 Å². The molecule has 0 spiro atoms. The summed E-state index contributed by atoms with van der Waals surface area (Å²) < 4.78 is 120. The van der Waals surface area contributed by atoms with Crippen LogP contribution in [0.5, 0.6) is 23.0 Å². The number of epoxide rings is 4. The van der Waals surface area contributed by atoms with Crippen molar-refractivity contribution in [2.45, 2.75) is 62.5 Å². The van der Waals surface area contributed by atoms with E-state index in [1.807, 2.05) is 0 Å². The monoisotopic (exact) mass is 652 g/mol. The van der Waals surface area contributed by atoms with Gasteiger partial charge in [-0.1, -0.05) is 0 Å². The van der Waals surface area contributed by atoms with Crippen molar-refractivity contribution in [2.75, 3.05) is 37.9 Å². The Morgan fingerprint density at radius 1 is 0.543 bits per heavy atom. The summed E-state index contributed by atoms with van der Waals surface area (Å²) >= 11 is 0. The molecule has 4 N–H and O–H groups in total. The molecular weight excluding hydrogens is 622 g/mol. The van der Waals surface area contributed by atoms with E-state index in [2.05, 4.69) is 0 Å². The quantitative estimate of drug-likeness (QED) is 0.134. The lowest BCUT2D eigenvalue weighted by Gasteiger charge is -2.27. The lowest BCUT2D eigenvalue weighted by molar-refractivity contribution is -0.139. The number of benzene rings is 3. The van der Waals surface area contributed by atoms with Gasteiger partial charge in [0.05, 0.1) is 50.8 Å². The maximum Gasteiger partial charge on any atom is 0.420 e. The number of halogens is 6. The highest BCUT2D eigenvalue weighted by Crippen LogP contribution is 2.50. The van der Waals surface area contributed by atoms with Gasteiger partial charge in [0.2, 0.25) is 0 Å². The van der Waals surface area contributed by atoms with Crippen molar-refractivity contribution in [3.63, 3.8) is 0 Å². The second-order valence-electron chi connectivity index (χ2n) is 11.9.